The average Bonchev–Trinajstić information content (AvgIpc) is 2.85. The highest BCUT2D eigenvalue weighted by atomic mass is 19.4. The molecule has 1 aliphatic carbocycles. The number of benzene rings is 1. The Balaban J connectivity index is 2.06. The first-order valence-electron chi connectivity index (χ1n) is 4.32. The molecule has 1 aromatic rings. The molecule has 0 aromatic heterocycles. The lowest BCUT2D eigenvalue weighted by Crippen LogP contribution is -2.17. The van der Waals surface area contributed by atoms with E-state index in [0.717, 1.165) is 18.4 Å². The molecule has 75 valence electrons. The van der Waals surface area contributed by atoms with Gasteiger partial charge in [0.05, 0.1) is 0 Å². The summed E-state index contributed by atoms with van der Waals surface area (Å²) in [5.41, 5.74) is 1.04. The minimum atomic E-state index is -4.63. The zero-order valence-corrected chi connectivity index (χ0v) is 7.27. The van der Waals surface area contributed by atoms with Crippen molar-refractivity contribution in [3.05, 3.63) is 29.8 Å². The Kier molecular flexibility index (Phi) is 2.13. The van der Waals surface area contributed by atoms with Gasteiger partial charge in [-0.1, -0.05) is 6.07 Å². The summed E-state index contributed by atoms with van der Waals surface area (Å²) in [5.74, 6) is 0.244. The second-order valence-electron chi connectivity index (χ2n) is 3.31. The van der Waals surface area contributed by atoms with E-state index in [9.17, 15) is 13.2 Å². The van der Waals surface area contributed by atoms with Gasteiger partial charge in [-0.15, -0.1) is 13.2 Å². The van der Waals surface area contributed by atoms with Gasteiger partial charge in [0.2, 0.25) is 0 Å². The molecule has 0 aliphatic heterocycles. The van der Waals surface area contributed by atoms with Gasteiger partial charge in [-0.3, -0.25) is 0 Å². The summed E-state index contributed by atoms with van der Waals surface area (Å²) >= 11 is 0. The third-order valence-electron chi connectivity index (χ3n) is 2.08. The van der Waals surface area contributed by atoms with Crippen LogP contribution in [0.1, 0.15) is 24.3 Å². The molecule has 0 saturated heterocycles. The minimum Gasteiger partial charge on any atom is -0.405 e. The Labute approximate surface area is 79.5 Å². The molecule has 0 N–H and O–H groups in total. The number of halogens is 3. The summed E-state index contributed by atoms with van der Waals surface area (Å²) in [6.07, 6.45) is -2.39. The van der Waals surface area contributed by atoms with Gasteiger partial charge >= 0.3 is 6.36 Å². The topological polar surface area (TPSA) is 9.23 Å². The van der Waals surface area contributed by atoms with E-state index in [4.69, 9.17) is 0 Å². The summed E-state index contributed by atoms with van der Waals surface area (Å²) in [7, 11) is 0. The van der Waals surface area contributed by atoms with Crippen LogP contribution in [0.25, 0.3) is 0 Å². The summed E-state index contributed by atoms with van der Waals surface area (Å²) < 4.78 is 39.0. The van der Waals surface area contributed by atoms with E-state index in [1.54, 1.807) is 12.1 Å². The van der Waals surface area contributed by atoms with Crippen molar-refractivity contribution in [2.75, 3.05) is 0 Å². The standard InChI is InChI=1S/C10H8F3O/c11-10(12,13)14-9-5-3-8(4-6-9)7-1-2-7/h3-5,7H,1-2H2. The molecule has 1 aromatic carbocycles. The van der Waals surface area contributed by atoms with Gasteiger partial charge in [0.15, 0.2) is 0 Å². The lowest BCUT2D eigenvalue weighted by Gasteiger charge is -2.08. The highest BCUT2D eigenvalue weighted by molar-refractivity contribution is 5.30. The molecule has 2 rings (SSSR count). The minimum absolute atomic E-state index is 0.276. The van der Waals surface area contributed by atoms with Crippen LogP contribution in [0.15, 0.2) is 18.2 Å². The van der Waals surface area contributed by atoms with Gasteiger partial charge in [-0.25, -0.2) is 0 Å². The van der Waals surface area contributed by atoms with Crippen LogP contribution in [0.2, 0.25) is 0 Å². The number of alkyl halides is 3. The molecule has 0 spiro atoms. The zero-order valence-electron chi connectivity index (χ0n) is 7.27. The van der Waals surface area contributed by atoms with E-state index in [2.05, 4.69) is 10.8 Å². The molecular formula is C10H8F3O. The monoisotopic (exact) mass is 201 g/mol. The van der Waals surface area contributed by atoms with Crippen LogP contribution in [-0.4, -0.2) is 6.36 Å². The maximum Gasteiger partial charge on any atom is 0.573 e. The number of ether oxygens (including phenoxy) is 1. The van der Waals surface area contributed by atoms with Gasteiger partial charge in [0.1, 0.15) is 5.75 Å². The lowest BCUT2D eigenvalue weighted by atomic mass is 10.1. The van der Waals surface area contributed by atoms with Gasteiger partial charge in [-0.05, 0) is 36.5 Å². The Bertz CT molecular complexity index is 311. The van der Waals surface area contributed by atoms with Gasteiger partial charge < -0.3 is 4.74 Å². The predicted octanol–water partition coefficient (Wildman–Crippen LogP) is 3.26. The quantitative estimate of drug-likeness (QED) is 0.713. The lowest BCUT2D eigenvalue weighted by molar-refractivity contribution is -0.274. The summed E-state index contributed by atoms with van der Waals surface area (Å²) in [6, 6.07) is 7.01. The second-order valence-corrected chi connectivity index (χ2v) is 3.31. The van der Waals surface area contributed by atoms with E-state index in [1.165, 1.54) is 6.07 Å². The van der Waals surface area contributed by atoms with Crippen molar-refractivity contribution in [1.82, 2.24) is 0 Å². The number of rotatable bonds is 2. The Morgan fingerprint density at radius 1 is 1.29 bits per heavy atom. The van der Waals surface area contributed by atoms with Gasteiger partial charge in [0, 0.05) is 6.07 Å². The average molecular weight is 201 g/mol. The molecule has 0 bridgehead atoms. The molecule has 14 heavy (non-hydrogen) atoms. The molecule has 1 radical (unpaired) electrons. The summed E-state index contributed by atoms with van der Waals surface area (Å²) in [4.78, 5) is 0. The van der Waals surface area contributed by atoms with Crippen LogP contribution < -0.4 is 4.74 Å². The molecular weight excluding hydrogens is 193 g/mol. The van der Waals surface area contributed by atoms with Crippen molar-refractivity contribution in [2.24, 2.45) is 0 Å². The highest BCUT2D eigenvalue weighted by Gasteiger charge is 2.31. The fraction of sp³-hybridized carbons (Fsp3) is 0.400. The molecule has 1 fully saturated rings. The third kappa shape index (κ3) is 2.40. The van der Waals surface area contributed by atoms with Crippen LogP contribution in [0.4, 0.5) is 13.2 Å². The highest BCUT2D eigenvalue weighted by Crippen LogP contribution is 2.40. The van der Waals surface area contributed by atoms with Crippen molar-refractivity contribution >= 4 is 0 Å². The molecule has 0 atom stereocenters. The molecule has 1 nitrogen and oxygen atoms in total. The SMILES string of the molecule is FC(F)(F)Oc1[c]cc(C2CC2)cc1. The van der Waals surface area contributed by atoms with E-state index >= 15 is 0 Å². The second kappa shape index (κ2) is 3.19. The Morgan fingerprint density at radius 2 is 2.00 bits per heavy atom. The van der Waals surface area contributed by atoms with E-state index in [1.807, 2.05) is 0 Å². The maximum atomic E-state index is 11.8. The smallest absolute Gasteiger partial charge is 0.405 e. The fourth-order valence-corrected chi connectivity index (χ4v) is 1.28. The van der Waals surface area contributed by atoms with Crippen molar-refractivity contribution in [2.45, 2.75) is 25.1 Å². The van der Waals surface area contributed by atoms with Crippen molar-refractivity contribution in [3.63, 3.8) is 0 Å². The van der Waals surface area contributed by atoms with Crippen molar-refractivity contribution in [1.29, 1.82) is 0 Å². The number of hydrogen-bond donors (Lipinski definition) is 0. The van der Waals surface area contributed by atoms with Gasteiger partial charge in [0.25, 0.3) is 0 Å². The van der Waals surface area contributed by atoms with E-state index < -0.39 is 6.36 Å². The largest absolute Gasteiger partial charge is 0.573 e. The van der Waals surface area contributed by atoms with E-state index in [0.29, 0.717) is 5.92 Å². The molecule has 1 aliphatic rings. The first kappa shape index (κ1) is 9.37. The van der Waals surface area contributed by atoms with Crippen LogP contribution in [0, 0.1) is 6.07 Å². The molecule has 0 amide bonds. The molecule has 0 heterocycles. The summed E-state index contributed by atoms with van der Waals surface area (Å²) in [5, 5.41) is 0. The molecule has 0 unspecified atom stereocenters. The van der Waals surface area contributed by atoms with E-state index in [-0.39, 0.29) is 5.75 Å². The fourth-order valence-electron chi connectivity index (χ4n) is 1.28. The zero-order chi connectivity index (χ0) is 10.2. The molecule has 4 heteroatoms. The van der Waals surface area contributed by atoms with Crippen molar-refractivity contribution in [3.8, 4) is 5.75 Å². The first-order valence-corrected chi connectivity index (χ1v) is 4.32. The van der Waals surface area contributed by atoms with Gasteiger partial charge in [-0.2, -0.15) is 0 Å². The first-order chi connectivity index (χ1) is 6.54. The maximum absolute atomic E-state index is 11.8. The number of hydrogen-bond acceptors (Lipinski definition) is 1. The third-order valence-corrected chi connectivity index (χ3v) is 2.08. The van der Waals surface area contributed by atoms with Crippen molar-refractivity contribution < 1.29 is 17.9 Å². The Morgan fingerprint density at radius 3 is 2.43 bits per heavy atom. The Hall–Kier alpha value is -1.19. The normalized spacial score (nSPS) is 16.8. The van der Waals surface area contributed by atoms with Crippen LogP contribution in [-0.2, 0) is 0 Å². The predicted molar refractivity (Wildman–Crippen MR) is 43.9 cm³/mol. The van der Waals surface area contributed by atoms with Crippen LogP contribution in [0.5, 0.6) is 5.75 Å². The summed E-state index contributed by atoms with van der Waals surface area (Å²) in [6.45, 7) is 0. The van der Waals surface area contributed by atoms with Crippen LogP contribution >= 0.6 is 0 Å². The van der Waals surface area contributed by atoms with Crippen LogP contribution in [0.3, 0.4) is 0 Å². The molecule has 1 saturated carbocycles.